The van der Waals surface area contributed by atoms with Crippen LogP contribution in [0.5, 0.6) is 0 Å². The van der Waals surface area contributed by atoms with Crippen molar-refractivity contribution in [1.29, 1.82) is 0 Å². The first kappa shape index (κ1) is 11.7. The third kappa shape index (κ3) is 2.65. The Hall–Kier alpha value is -1.82. The molecule has 0 saturated carbocycles. The van der Waals surface area contributed by atoms with E-state index in [4.69, 9.17) is 18.0 Å². The number of guanidine groups is 1. The fourth-order valence-electron chi connectivity index (χ4n) is 1.59. The van der Waals surface area contributed by atoms with Gasteiger partial charge in [-0.25, -0.2) is 4.99 Å². The Balaban J connectivity index is 2.23. The lowest BCUT2D eigenvalue weighted by Crippen LogP contribution is -2.49. The maximum atomic E-state index is 5.63. The molecule has 0 aliphatic carbocycles. The van der Waals surface area contributed by atoms with E-state index in [0.717, 1.165) is 11.3 Å². The summed E-state index contributed by atoms with van der Waals surface area (Å²) in [5, 5.41) is 6.30. The lowest BCUT2D eigenvalue weighted by atomic mass is 10.1. The number of thiocarbonyl (C=S) groups is 1. The number of aliphatic imine (C=N–C) groups is 1. The van der Waals surface area contributed by atoms with E-state index in [0.29, 0.717) is 11.1 Å². The number of nitrogens with two attached hydrogens (primary N) is 1. The molecule has 0 radical (unpaired) electrons. The van der Waals surface area contributed by atoms with Gasteiger partial charge in [0, 0.05) is 19.8 Å². The molecule has 0 fully saturated rings. The molecule has 1 atom stereocenters. The zero-order chi connectivity index (χ0) is 12.4. The maximum Gasteiger partial charge on any atom is 0.197 e. The van der Waals surface area contributed by atoms with Crippen LogP contribution in [0.15, 0.2) is 29.3 Å². The van der Waals surface area contributed by atoms with Gasteiger partial charge in [0.25, 0.3) is 0 Å². The van der Waals surface area contributed by atoms with E-state index < -0.39 is 0 Å². The lowest BCUT2D eigenvalue weighted by molar-refractivity contribution is 0.660. The molecule has 0 spiro atoms. The van der Waals surface area contributed by atoms with Crippen LogP contribution >= 0.6 is 12.2 Å². The predicted octanol–water partition coefficient (Wildman–Crippen LogP) is 0.544. The minimum atomic E-state index is -0.208. The van der Waals surface area contributed by atoms with Crippen molar-refractivity contribution < 1.29 is 0 Å². The van der Waals surface area contributed by atoms with Crippen molar-refractivity contribution in [2.45, 2.75) is 6.17 Å². The molecule has 1 aromatic rings. The molecule has 90 valence electrons. The molecule has 6 heteroatoms. The van der Waals surface area contributed by atoms with Crippen molar-refractivity contribution in [3.8, 4) is 0 Å². The minimum absolute atomic E-state index is 0.208. The van der Waals surface area contributed by atoms with Crippen LogP contribution in [-0.2, 0) is 0 Å². The number of anilines is 1. The summed E-state index contributed by atoms with van der Waals surface area (Å²) in [6, 6.07) is 8.09. The predicted molar refractivity (Wildman–Crippen MR) is 74.0 cm³/mol. The van der Waals surface area contributed by atoms with Gasteiger partial charge in [0.05, 0.1) is 0 Å². The minimum Gasteiger partial charge on any atom is -0.378 e. The Labute approximate surface area is 106 Å². The van der Waals surface area contributed by atoms with E-state index in [1.54, 1.807) is 0 Å². The fourth-order valence-corrected chi connectivity index (χ4v) is 1.81. The highest BCUT2D eigenvalue weighted by molar-refractivity contribution is 7.80. The number of hydrogen-bond acceptors (Lipinski definition) is 4. The first-order valence-electron chi connectivity index (χ1n) is 5.24. The number of rotatable bonds is 2. The zero-order valence-corrected chi connectivity index (χ0v) is 10.6. The normalized spacial score (nSPS) is 19.1. The second-order valence-electron chi connectivity index (χ2n) is 4.00. The quantitative estimate of drug-likeness (QED) is 0.668. The van der Waals surface area contributed by atoms with E-state index in [1.165, 1.54) is 0 Å². The molecule has 4 N–H and O–H groups in total. The van der Waals surface area contributed by atoms with Crippen LogP contribution in [0.3, 0.4) is 0 Å². The van der Waals surface area contributed by atoms with Gasteiger partial charge in [-0.2, -0.15) is 0 Å². The third-order valence-electron chi connectivity index (χ3n) is 2.50. The standard InChI is InChI=1S/C11H15N5S/c1-16(2)8-5-3-7(4-6-8)9-13-10(12)15-11(17)14-9/h3-6,9H,1-2H3,(H4,12,13,14,15,17). The highest BCUT2D eigenvalue weighted by Gasteiger charge is 2.16. The number of nitrogens with zero attached hydrogens (tertiary/aromatic N) is 2. The Bertz CT molecular complexity index is 451. The number of nitrogens with one attached hydrogen (secondary N) is 2. The molecule has 5 nitrogen and oxygen atoms in total. The van der Waals surface area contributed by atoms with Crippen LogP contribution in [0.25, 0.3) is 0 Å². The molecule has 0 saturated heterocycles. The number of hydrogen-bond donors (Lipinski definition) is 3. The smallest absolute Gasteiger partial charge is 0.197 e. The van der Waals surface area contributed by atoms with E-state index in [2.05, 4.69) is 15.6 Å². The van der Waals surface area contributed by atoms with Gasteiger partial charge in [0.15, 0.2) is 11.1 Å². The van der Waals surface area contributed by atoms with Crippen molar-refractivity contribution in [3.05, 3.63) is 29.8 Å². The largest absolute Gasteiger partial charge is 0.378 e. The molecule has 1 aliphatic heterocycles. The SMILES string of the molecule is CN(C)c1ccc(C2N=C(N)NC(=S)N2)cc1. The van der Waals surface area contributed by atoms with Gasteiger partial charge >= 0.3 is 0 Å². The Kier molecular flexibility index (Phi) is 3.14. The number of benzene rings is 1. The average Bonchev–Trinajstić information content (AvgIpc) is 2.28. The van der Waals surface area contributed by atoms with Crippen LogP contribution in [0.1, 0.15) is 11.7 Å². The summed E-state index contributed by atoms with van der Waals surface area (Å²) in [4.78, 5) is 6.29. The van der Waals surface area contributed by atoms with E-state index in [9.17, 15) is 0 Å². The third-order valence-corrected chi connectivity index (χ3v) is 2.72. The van der Waals surface area contributed by atoms with Crippen LogP contribution in [0.2, 0.25) is 0 Å². The molecule has 1 aliphatic rings. The zero-order valence-electron chi connectivity index (χ0n) is 9.77. The molecule has 1 aromatic carbocycles. The summed E-state index contributed by atoms with van der Waals surface area (Å²) in [6.07, 6.45) is -0.208. The summed E-state index contributed by atoms with van der Waals surface area (Å²) in [5.74, 6) is 0.343. The molecule has 0 bridgehead atoms. The van der Waals surface area contributed by atoms with Crippen molar-refractivity contribution in [1.82, 2.24) is 10.6 Å². The molecule has 1 heterocycles. The first-order chi connectivity index (χ1) is 8.06. The summed E-state index contributed by atoms with van der Waals surface area (Å²) < 4.78 is 0. The van der Waals surface area contributed by atoms with Gasteiger partial charge in [0.2, 0.25) is 0 Å². The first-order valence-corrected chi connectivity index (χ1v) is 5.65. The summed E-state index contributed by atoms with van der Waals surface area (Å²) in [6.45, 7) is 0. The highest BCUT2D eigenvalue weighted by Crippen LogP contribution is 2.19. The van der Waals surface area contributed by atoms with Gasteiger partial charge in [-0.05, 0) is 29.9 Å². The van der Waals surface area contributed by atoms with Gasteiger partial charge < -0.3 is 21.3 Å². The monoisotopic (exact) mass is 249 g/mol. The molecule has 17 heavy (non-hydrogen) atoms. The Morgan fingerprint density at radius 1 is 1.29 bits per heavy atom. The van der Waals surface area contributed by atoms with E-state index in [1.807, 2.05) is 43.3 Å². The molecule has 1 unspecified atom stereocenters. The highest BCUT2D eigenvalue weighted by atomic mass is 32.1. The molecule has 2 rings (SSSR count). The molecule has 0 amide bonds. The summed E-state index contributed by atoms with van der Waals surface area (Å²) in [7, 11) is 4.01. The molecular formula is C11H15N5S. The summed E-state index contributed by atoms with van der Waals surface area (Å²) in [5.41, 5.74) is 7.81. The fraction of sp³-hybridized carbons (Fsp3) is 0.273. The van der Waals surface area contributed by atoms with Crippen molar-refractivity contribution in [2.24, 2.45) is 10.7 Å². The Morgan fingerprint density at radius 3 is 2.47 bits per heavy atom. The van der Waals surface area contributed by atoms with E-state index >= 15 is 0 Å². The maximum absolute atomic E-state index is 5.63. The lowest BCUT2D eigenvalue weighted by Gasteiger charge is -2.23. The van der Waals surface area contributed by atoms with Crippen molar-refractivity contribution >= 4 is 29.0 Å². The van der Waals surface area contributed by atoms with Crippen LogP contribution in [-0.4, -0.2) is 25.2 Å². The second kappa shape index (κ2) is 4.58. The van der Waals surface area contributed by atoms with Gasteiger partial charge in [-0.1, -0.05) is 12.1 Å². The van der Waals surface area contributed by atoms with E-state index in [-0.39, 0.29) is 6.17 Å². The molecular weight excluding hydrogens is 234 g/mol. The molecule has 0 aromatic heterocycles. The van der Waals surface area contributed by atoms with Crippen molar-refractivity contribution in [2.75, 3.05) is 19.0 Å². The van der Waals surface area contributed by atoms with Gasteiger partial charge in [-0.15, -0.1) is 0 Å². The second-order valence-corrected chi connectivity index (χ2v) is 4.41. The van der Waals surface area contributed by atoms with Crippen LogP contribution in [0.4, 0.5) is 5.69 Å². The van der Waals surface area contributed by atoms with Gasteiger partial charge in [-0.3, -0.25) is 0 Å². The Morgan fingerprint density at radius 2 is 1.94 bits per heavy atom. The van der Waals surface area contributed by atoms with Crippen LogP contribution < -0.4 is 21.3 Å². The summed E-state index contributed by atoms with van der Waals surface area (Å²) >= 11 is 5.04. The average molecular weight is 249 g/mol. The van der Waals surface area contributed by atoms with Crippen LogP contribution in [0, 0.1) is 0 Å². The van der Waals surface area contributed by atoms with Crippen molar-refractivity contribution in [3.63, 3.8) is 0 Å². The topological polar surface area (TPSA) is 65.7 Å². The van der Waals surface area contributed by atoms with Gasteiger partial charge in [0.1, 0.15) is 6.17 Å².